The molecule has 0 spiro atoms. The highest BCUT2D eigenvalue weighted by molar-refractivity contribution is 7.17. The lowest BCUT2D eigenvalue weighted by Gasteiger charge is -2.10. The molecule has 2 aromatic heterocycles. The average molecular weight is 382 g/mol. The lowest BCUT2D eigenvalue weighted by Crippen LogP contribution is -1.97. The zero-order valence-electron chi connectivity index (χ0n) is 14.0. The molecule has 2 heterocycles. The third-order valence-electron chi connectivity index (χ3n) is 4.24. The zero-order chi connectivity index (χ0) is 18.1. The van der Waals surface area contributed by atoms with E-state index >= 15 is 0 Å². The third kappa shape index (κ3) is 3.11. The smallest absolute Gasteiger partial charge is 0.225 e. The predicted octanol–water partition coefficient (Wildman–Crippen LogP) is 6.02. The second-order valence-electron chi connectivity index (χ2n) is 5.86. The van der Waals surface area contributed by atoms with Gasteiger partial charge in [0.05, 0.1) is 11.1 Å². The quantitative estimate of drug-likeness (QED) is 0.335. The maximum absolute atomic E-state index is 10.1. The predicted molar refractivity (Wildman–Crippen MR) is 109 cm³/mol. The van der Waals surface area contributed by atoms with E-state index < -0.39 is 0 Å². The Labute approximate surface area is 160 Å². The molecule has 4 aromatic rings. The maximum atomic E-state index is 10.1. The van der Waals surface area contributed by atoms with Crippen molar-refractivity contribution in [1.29, 1.82) is 0 Å². The Morgan fingerprint density at radius 2 is 1.85 bits per heavy atom. The largest absolute Gasteiger partial charge is 0.506 e. The summed E-state index contributed by atoms with van der Waals surface area (Å²) in [5, 5.41) is 16.4. The molecular weight excluding hydrogens is 366 g/mol. The number of fused-ring (bicyclic) bond motifs is 1. The second kappa shape index (κ2) is 6.94. The van der Waals surface area contributed by atoms with E-state index in [1.807, 2.05) is 6.07 Å². The maximum Gasteiger partial charge on any atom is 0.225 e. The topological polar surface area (TPSA) is 58.0 Å². The van der Waals surface area contributed by atoms with Gasteiger partial charge < -0.3 is 10.4 Å². The van der Waals surface area contributed by atoms with Gasteiger partial charge in [0.1, 0.15) is 16.4 Å². The van der Waals surface area contributed by atoms with Crippen LogP contribution >= 0.6 is 22.9 Å². The molecule has 0 aliphatic carbocycles. The van der Waals surface area contributed by atoms with Crippen LogP contribution in [-0.2, 0) is 6.42 Å². The number of aromatic hydroxyl groups is 1. The van der Waals surface area contributed by atoms with E-state index in [4.69, 9.17) is 11.6 Å². The fourth-order valence-corrected chi connectivity index (χ4v) is 4.01. The van der Waals surface area contributed by atoms with Crippen molar-refractivity contribution in [1.82, 2.24) is 9.97 Å². The number of thiophene rings is 1. The minimum atomic E-state index is 0.152. The summed E-state index contributed by atoms with van der Waals surface area (Å²) in [5.74, 6) is 0.733. The van der Waals surface area contributed by atoms with Crippen LogP contribution in [0.4, 0.5) is 11.5 Å². The monoisotopic (exact) mass is 381 g/mol. The summed E-state index contributed by atoms with van der Waals surface area (Å²) in [6, 6.07) is 15.5. The Morgan fingerprint density at radius 3 is 2.58 bits per heavy atom. The number of phenolic OH excluding ortho intramolecular Hbond substituents is 1. The van der Waals surface area contributed by atoms with Crippen LogP contribution in [-0.4, -0.2) is 15.1 Å². The van der Waals surface area contributed by atoms with Crippen molar-refractivity contribution < 1.29 is 5.11 Å². The SMILES string of the molecule is CCc1ccc(-c2csc3nc(Cl)nc(Nc4ccccc4O)c23)cc1. The number of hydrogen-bond donors (Lipinski definition) is 2. The first kappa shape index (κ1) is 16.8. The summed E-state index contributed by atoms with van der Waals surface area (Å²) in [7, 11) is 0. The summed E-state index contributed by atoms with van der Waals surface area (Å²) in [4.78, 5) is 9.52. The molecule has 0 aliphatic heterocycles. The highest BCUT2D eigenvalue weighted by Gasteiger charge is 2.16. The van der Waals surface area contributed by atoms with Crippen LogP contribution in [0.1, 0.15) is 12.5 Å². The molecule has 2 aromatic carbocycles. The molecule has 130 valence electrons. The zero-order valence-corrected chi connectivity index (χ0v) is 15.6. The van der Waals surface area contributed by atoms with E-state index in [1.54, 1.807) is 18.2 Å². The molecule has 0 saturated heterocycles. The summed E-state index contributed by atoms with van der Waals surface area (Å²) < 4.78 is 0. The Morgan fingerprint density at radius 1 is 1.08 bits per heavy atom. The number of benzene rings is 2. The van der Waals surface area contributed by atoms with Crippen LogP contribution in [0.5, 0.6) is 5.75 Å². The first-order valence-corrected chi connectivity index (χ1v) is 9.50. The van der Waals surface area contributed by atoms with Gasteiger partial charge in [-0.3, -0.25) is 0 Å². The van der Waals surface area contributed by atoms with Crippen LogP contribution < -0.4 is 5.32 Å². The summed E-state index contributed by atoms with van der Waals surface area (Å²) in [6.07, 6.45) is 1.00. The second-order valence-corrected chi connectivity index (χ2v) is 7.06. The van der Waals surface area contributed by atoms with Gasteiger partial charge in [-0.25, -0.2) is 4.98 Å². The number of halogens is 1. The molecule has 26 heavy (non-hydrogen) atoms. The van der Waals surface area contributed by atoms with E-state index in [0.717, 1.165) is 27.8 Å². The van der Waals surface area contributed by atoms with Gasteiger partial charge in [-0.15, -0.1) is 11.3 Å². The Balaban J connectivity index is 1.86. The molecule has 2 N–H and O–H groups in total. The van der Waals surface area contributed by atoms with E-state index in [-0.39, 0.29) is 11.0 Å². The van der Waals surface area contributed by atoms with Gasteiger partial charge in [0.2, 0.25) is 5.28 Å². The number of nitrogens with zero attached hydrogens (tertiary/aromatic N) is 2. The standard InChI is InChI=1S/C20H16ClN3OS/c1-2-12-7-9-13(10-8-12)14-11-26-19-17(14)18(23-20(21)24-19)22-15-5-3-4-6-16(15)25/h3-11,25H,2H2,1H3,(H,22,23,24). The number of hydrogen-bond acceptors (Lipinski definition) is 5. The van der Waals surface area contributed by atoms with Gasteiger partial charge in [0.25, 0.3) is 0 Å². The molecule has 0 radical (unpaired) electrons. The Kier molecular flexibility index (Phi) is 4.49. The fraction of sp³-hybridized carbons (Fsp3) is 0.100. The van der Waals surface area contributed by atoms with Crippen LogP contribution in [0.2, 0.25) is 5.28 Å². The third-order valence-corrected chi connectivity index (χ3v) is 5.28. The highest BCUT2D eigenvalue weighted by Crippen LogP contribution is 2.39. The van der Waals surface area contributed by atoms with Gasteiger partial charge in [-0.1, -0.05) is 43.3 Å². The molecule has 0 bridgehead atoms. The van der Waals surface area contributed by atoms with Crippen LogP contribution in [0, 0.1) is 0 Å². The lowest BCUT2D eigenvalue weighted by molar-refractivity contribution is 0.478. The average Bonchev–Trinajstić information content (AvgIpc) is 3.07. The molecule has 4 nitrogen and oxygen atoms in total. The number of rotatable bonds is 4. The number of nitrogens with one attached hydrogen (secondary N) is 1. The van der Waals surface area contributed by atoms with Gasteiger partial charge in [0, 0.05) is 10.9 Å². The number of para-hydroxylation sites is 2. The van der Waals surface area contributed by atoms with Gasteiger partial charge in [-0.05, 0) is 41.3 Å². The number of anilines is 2. The Bertz CT molecular complexity index is 1080. The van der Waals surface area contributed by atoms with Crippen molar-refractivity contribution in [3.63, 3.8) is 0 Å². The molecule has 0 fully saturated rings. The number of phenols is 1. The summed E-state index contributed by atoms with van der Waals surface area (Å²) in [5.41, 5.74) is 4.00. The first-order chi connectivity index (χ1) is 12.7. The summed E-state index contributed by atoms with van der Waals surface area (Å²) >= 11 is 7.63. The minimum Gasteiger partial charge on any atom is -0.506 e. The molecule has 0 unspecified atom stereocenters. The molecule has 0 saturated carbocycles. The fourth-order valence-electron chi connectivity index (χ4n) is 2.85. The van der Waals surface area contributed by atoms with Crippen molar-refractivity contribution in [2.75, 3.05) is 5.32 Å². The molecule has 4 rings (SSSR count). The van der Waals surface area contributed by atoms with E-state index in [0.29, 0.717) is 11.5 Å². The van der Waals surface area contributed by atoms with E-state index in [1.165, 1.54) is 16.9 Å². The molecule has 0 atom stereocenters. The van der Waals surface area contributed by atoms with Crippen LogP contribution in [0.3, 0.4) is 0 Å². The number of aromatic nitrogens is 2. The molecule has 0 amide bonds. The van der Waals surface area contributed by atoms with Gasteiger partial charge in [0.15, 0.2) is 0 Å². The van der Waals surface area contributed by atoms with Crippen molar-refractivity contribution in [2.24, 2.45) is 0 Å². The number of aryl methyl sites for hydroxylation is 1. The van der Waals surface area contributed by atoms with Crippen LogP contribution in [0.25, 0.3) is 21.3 Å². The molecule has 0 aliphatic rings. The van der Waals surface area contributed by atoms with Crippen molar-refractivity contribution in [3.05, 3.63) is 64.8 Å². The summed E-state index contributed by atoms with van der Waals surface area (Å²) in [6.45, 7) is 2.14. The van der Waals surface area contributed by atoms with Crippen molar-refractivity contribution >= 4 is 44.7 Å². The molecular formula is C20H16ClN3OS. The van der Waals surface area contributed by atoms with Crippen molar-refractivity contribution in [3.8, 4) is 16.9 Å². The first-order valence-electron chi connectivity index (χ1n) is 8.24. The van der Waals surface area contributed by atoms with Crippen LogP contribution in [0.15, 0.2) is 53.9 Å². The normalized spacial score (nSPS) is 11.0. The Hall–Kier alpha value is -2.63. The van der Waals surface area contributed by atoms with Gasteiger partial charge in [-0.2, -0.15) is 4.98 Å². The van der Waals surface area contributed by atoms with Gasteiger partial charge >= 0.3 is 0 Å². The molecule has 6 heteroatoms. The highest BCUT2D eigenvalue weighted by atomic mass is 35.5. The van der Waals surface area contributed by atoms with E-state index in [9.17, 15) is 5.11 Å². The van der Waals surface area contributed by atoms with Crippen molar-refractivity contribution in [2.45, 2.75) is 13.3 Å². The minimum absolute atomic E-state index is 0.152. The van der Waals surface area contributed by atoms with E-state index in [2.05, 4.69) is 51.9 Å². The lowest BCUT2D eigenvalue weighted by atomic mass is 10.0.